The van der Waals surface area contributed by atoms with Crippen LogP contribution in [0.25, 0.3) is 0 Å². The molecule has 1 amide bonds. The first-order valence-corrected chi connectivity index (χ1v) is 4.99. The average Bonchev–Trinajstić information content (AvgIpc) is 2.57. The van der Waals surface area contributed by atoms with Crippen LogP contribution < -0.4 is 5.32 Å². The van der Waals surface area contributed by atoms with E-state index in [1.54, 1.807) is 30.0 Å². The molecular weight excluding hydrogens is 188 g/mol. The fraction of sp³-hybridized carbons (Fsp3) is 0.500. The zero-order valence-corrected chi connectivity index (χ0v) is 8.26. The van der Waals surface area contributed by atoms with Gasteiger partial charge in [0.15, 0.2) is 0 Å². The van der Waals surface area contributed by atoms with Gasteiger partial charge in [0.05, 0.1) is 12.1 Å². The summed E-state index contributed by atoms with van der Waals surface area (Å²) in [6.07, 6.45) is 2.26. The van der Waals surface area contributed by atoms with Gasteiger partial charge in [0, 0.05) is 24.0 Å². The Kier molecular flexibility index (Phi) is 4.25. The lowest BCUT2D eigenvalue weighted by Crippen LogP contribution is -2.26. The van der Waals surface area contributed by atoms with Crippen LogP contribution in [0, 0.1) is 0 Å². The Bertz CT molecular complexity index is 249. The van der Waals surface area contributed by atoms with Crippen molar-refractivity contribution in [1.82, 2.24) is 10.3 Å². The van der Waals surface area contributed by atoms with Gasteiger partial charge in [0.1, 0.15) is 0 Å². The molecule has 0 bridgehead atoms. The van der Waals surface area contributed by atoms with Crippen LogP contribution in [0.1, 0.15) is 11.8 Å². The zero-order valence-electron chi connectivity index (χ0n) is 7.45. The molecule has 0 saturated carbocycles. The van der Waals surface area contributed by atoms with Gasteiger partial charge in [-0.2, -0.15) is 0 Å². The first-order chi connectivity index (χ1) is 6.33. The Morgan fingerprint density at radius 3 is 3.23 bits per heavy atom. The number of nitrogens with one attached hydrogen (secondary N) is 1. The van der Waals surface area contributed by atoms with E-state index in [1.165, 1.54) is 0 Å². The highest BCUT2D eigenvalue weighted by molar-refractivity contribution is 7.09. The maximum atomic E-state index is 10.8. The Hall–Kier alpha value is -1.10. The van der Waals surface area contributed by atoms with E-state index < -0.39 is 0 Å². The minimum absolute atomic E-state index is 0.355. The predicted molar refractivity (Wildman–Crippen MR) is 50.8 cm³/mol. The first kappa shape index (κ1) is 9.98. The van der Waals surface area contributed by atoms with Crippen molar-refractivity contribution >= 4 is 17.4 Å². The summed E-state index contributed by atoms with van der Waals surface area (Å²) in [7, 11) is 0. The van der Waals surface area contributed by atoms with Crippen LogP contribution in [0.4, 0.5) is 4.79 Å². The van der Waals surface area contributed by atoms with Crippen molar-refractivity contribution in [1.29, 1.82) is 0 Å². The van der Waals surface area contributed by atoms with Gasteiger partial charge in [-0.05, 0) is 6.92 Å². The minimum Gasteiger partial charge on any atom is -0.450 e. The van der Waals surface area contributed by atoms with E-state index in [-0.39, 0.29) is 6.09 Å². The monoisotopic (exact) mass is 200 g/mol. The fourth-order valence-corrected chi connectivity index (χ4v) is 1.43. The standard InChI is InChI=1S/C8H12N2O2S/c1-2-12-8(11)10-4-3-7-5-9-6-13-7/h5-6H,2-4H2,1H3,(H,10,11). The number of hydrogen-bond donors (Lipinski definition) is 1. The van der Waals surface area contributed by atoms with Crippen LogP contribution in [0.2, 0.25) is 0 Å². The molecular formula is C8H12N2O2S. The third-order valence-corrected chi connectivity index (χ3v) is 2.24. The largest absolute Gasteiger partial charge is 0.450 e. The number of aromatic nitrogens is 1. The van der Waals surface area contributed by atoms with Crippen LogP contribution >= 0.6 is 11.3 Å². The van der Waals surface area contributed by atoms with Gasteiger partial charge >= 0.3 is 6.09 Å². The van der Waals surface area contributed by atoms with E-state index in [1.807, 2.05) is 0 Å². The van der Waals surface area contributed by atoms with Gasteiger partial charge in [0.25, 0.3) is 0 Å². The molecule has 13 heavy (non-hydrogen) atoms. The lowest BCUT2D eigenvalue weighted by Gasteiger charge is -2.02. The quantitative estimate of drug-likeness (QED) is 0.800. The van der Waals surface area contributed by atoms with Gasteiger partial charge in [-0.1, -0.05) is 0 Å². The second-order valence-electron chi connectivity index (χ2n) is 2.36. The SMILES string of the molecule is CCOC(=O)NCCc1cncs1. The predicted octanol–water partition coefficient (Wildman–Crippen LogP) is 1.43. The van der Waals surface area contributed by atoms with E-state index in [9.17, 15) is 4.79 Å². The number of hydrogen-bond acceptors (Lipinski definition) is 4. The molecule has 1 N–H and O–H groups in total. The Morgan fingerprint density at radius 1 is 1.77 bits per heavy atom. The number of thiazole rings is 1. The van der Waals surface area contributed by atoms with Crippen LogP contribution in [0.3, 0.4) is 0 Å². The van der Waals surface area contributed by atoms with Crippen molar-refractivity contribution in [2.45, 2.75) is 13.3 Å². The average molecular weight is 200 g/mol. The molecule has 0 radical (unpaired) electrons. The van der Waals surface area contributed by atoms with Gasteiger partial charge in [-0.15, -0.1) is 11.3 Å². The second kappa shape index (κ2) is 5.53. The lowest BCUT2D eigenvalue weighted by atomic mass is 10.4. The molecule has 72 valence electrons. The maximum absolute atomic E-state index is 10.8. The Balaban J connectivity index is 2.11. The number of amides is 1. The summed E-state index contributed by atoms with van der Waals surface area (Å²) < 4.78 is 4.70. The molecule has 0 unspecified atom stereocenters. The van der Waals surface area contributed by atoms with Crippen molar-refractivity contribution in [3.8, 4) is 0 Å². The number of carbonyl (C=O) groups is 1. The smallest absolute Gasteiger partial charge is 0.407 e. The summed E-state index contributed by atoms with van der Waals surface area (Å²) in [5.41, 5.74) is 1.78. The minimum atomic E-state index is -0.355. The third kappa shape index (κ3) is 3.89. The highest BCUT2D eigenvalue weighted by Crippen LogP contribution is 2.04. The number of carbonyl (C=O) groups excluding carboxylic acids is 1. The fourth-order valence-electron chi connectivity index (χ4n) is 0.835. The highest BCUT2D eigenvalue weighted by atomic mass is 32.1. The van der Waals surface area contributed by atoms with Crippen LogP contribution in [-0.4, -0.2) is 24.2 Å². The topological polar surface area (TPSA) is 51.2 Å². The van der Waals surface area contributed by atoms with E-state index in [0.717, 1.165) is 11.3 Å². The molecule has 0 aromatic carbocycles. The molecule has 5 heteroatoms. The highest BCUT2D eigenvalue weighted by Gasteiger charge is 1.99. The van der Waals surface area contributed by atoms with Gasteiger partial charge < -0.3 is 10.1 Å². The number of alkyl carbamates (subject to hydrolysis) is 1. The van der Waals surface area contributed by atoms with Crippen molar-refractivity contribution in [2.75, 3.05) is 13.2 Å². The number of nitrogens with zero attached hydrogens (tertiary/aromatic N) is 1. The molecule has 1 aromatic rings. The molecule has 1 aromatic heterocycles. The summed E-state index contributed by atoms with van der Waals surface area (Å²) in [5, 5.41) is 2.64. The van der Waals surface area contributed by atoms with E-state index in [0.29, 0.717) is 13.2 Å². The van der Waals surface area contributed by atoms with Crippen molar-refractivity contribution < 1.29 is 9.53 Å². The summed E-state index contributed by atoms with van der Waals surface area (Å²) in [6, 6.07) is 0. The zero-order chi connectivity index (χ0) is 9.52. The second-order valence-corrected chi connectivity index (χ2v) is 3.34. The summed E-state index contributed by atoms with van der Waals surface area (Å²) in [5.74, 6) is 0. The van der Waals surface area contributed by atoms with E-state index in [4.69, 9.17) is 4.74 Å². The first-order valence-electron chi connectivity index (χ1n) is 4.11. The molecule has 0 aliphatic rings. The Labute approximate surface area is 80.9 Å². The van der Waals surface area contributed by atoms with Crippen LogP contribution in [0.5, 0.6) is 0 Å². The van der Waals surface area contributed by atoms with Crippen molar-refractivity contribution in [3.63, 3.8) is 0 Å². The molecule has 0 fully saturated rings. The van der Waals surface area contributed by atoms with Gasteiger partial charge in [-0.3, -0.25) is 4.98 Å². The van der Waals surface area contributed by atoms with Gasteiger partial charge in [-0.25, -0.2) is 4.79 Å². The summed E-state index contributed by atoms with van der Waals surface area (Å²) >= 11 is 1.58. The number of rotatable bonds is 4. The third-order valence-electron chi connectivity index (χ3n) is 1.40. The molecule has 0 atom stereocenters. The Morgan fingerprint density at radius 2 is 2.62 bits per heavy atom. The van der Waals surface area contributed by atoms with Crippen molar-refractivity contribution in [3.05, 3.63) is 16.6 Å². The molecule has 4 nitrogen and oxygen atoms in total. The van der Waals surface area contributed by atoms with Gasteiger partial charge in [0.2, 0.25) is 0 Å². The van der Waals surface area contributed by atoms with Crippen molar-refractivity contribution in [2.24, 2.45) is 0 Å². The molecule has 0 saturated heterocycles. The molecule has 1 rings (SSSR count). The summed E-state index contributed by atoms with van der Waals surface area (Å²) in [6.45, 7) is 2.79. The lowest BCUT2D eigenvalue weighted by molar-refractivity contribution is 0.152. The molecule has 0 aliphatic carbocycles. The van der Waals surface area contributed by atoms with E-state index >= 15 is 0 Å². The number of ether oxygens (including phenoxy) is 1. The summed E-state index contributed by atoms with van der Waals surface area (Å²) in [4.78, 5) is 15.9. The van der Waals surface area contributed by atoms with Crippen LogP contribution in [-0.2, 0) is 11.2 Å². The molecule has 0 spiro atoms. The molecule has 0 aliphatic heterocycles. The van der Waals surface area contributed by atoms with Crippen LogP contribution in [0.15, 0.2) is 11.7 Å². The maximum Gasteiger partial charge on any atom is 0.407 e. The van der Waals surface area contributed by atoms with E-state index in [2.05, 4.69) is 10.3 Å². The normalized spacial score (nSPS) is 9.62. The molecule has 1 heterocycles.